The minimum atomic E-state index is 0.130. The van der Waals surface area contributed by atoms with Gasteiger partial charge in [-0.05, 0) is 13.0 Å². The highest BCUT2D eigenvalue weighted by molar-refractivity contribution is 5.22. The highest BCUT2D eigenvalue weighted by Gasteiger charge is 2.18. The van der Waals surface area contributed by atoms with Crippen molar-refractivity contribution < 1.29 is 0 Å². The number of fused-ring (bicyclic) bond motifs is 1. The molecule has 82 valence electrons. The number of nitrogens with one attached hydrogen (secondary N) is 1. The van der Waals surface area contributed by atoms with Crippen LogP contribution in [0.1, 0.15) is 36.8 Å². The van der Waals surface area contributed by atoms with Gasteiger partial charge >= 0.3 is 0 Å². The van der Waals surface area contributed by atoms with Crippen LogP contribution in [0, 0.1) is 0 Å². The summed E-state index contributed by atoms with van der Waals surface area (Å²) in [4.78, 5) is 16.6. The molecule has 0 aromatic carbocycles. The fourth-order valence-electron chi connectivity index (χ4n) is 2.04. The van der Waals surface area contributed by atoms with Gasteiger partial charge in [-0.25, -0.2) is 4.98 Å². The number of hydrogen-bond donors (Lipinski definition) is 1. The molecular weight excluding hydrogens is 190 g/mol. The molecule has 4 nitrogen and oxygen atoms in total. The Labute approximate surface area is 89.3 Å². The van der Waals surface area contributed by atoms with Crippen LogP contribution in [0.25, 0.3) is 0 Å². The summed E-state index contributed by atoms with van der Waals surface area (Å²) in [5.41, 5.74) is 1.96. The highest BCUT2D eigenvalue weighted by Crippen LogP contribution is 2.13. The molecule has 1 aromatic heterocycles. The van der Waals surface area contributed by atoms with Gasteiger partial charge in [-0.1, -0.05) is 13.8 Å². The van der Waals surface area contributed by atoms with E-state index < -0.39 is 0 Å². The Morgan fingerprint density at radius 2 is 2.20 bits per heavy atom. The third-order valence-corrected chi connectivity index (χ3v) is 2.86. The van der Waals surface area contributed by atoms with Crippen LogP contribution in [0.15, 0.2) is 4.79 Å². The zero-order valence-corrected chi connectivity index (χ0v) is 9.50. The molecule has 0 saturated carbocycles. The predicted molar refractivity (Wildman–Crippen MR) is 59.0 cm³/mol. The van der Waals surface area contributed by atoms with E-state index in [0.717, 1.165) is 36.6 Å². The van der Waals surface area contributed by atoms with Crippen molar-refractivity contribution in [3.05, 3.63) is 27.4 Å². The van der Waals surface area contributed by atoms with E-state index in [0.29, 0.717) is 0 Å². The Morgan fingerprint density at radius 1 is 1.47 bits per heavy atom. The van der Waals surface area contributed by atoms with Gasteiger partial charge in [0.1, 0.15) is 5.82 Å². The van der Waals surface area contributed by atoms with Crippen molar-refractivity contribution in [2.45, 2.75) is 32.7 Å². The molecule has 0 aliphatic carbocycles. The highest BCUT2D eigenvalue weighted by atomic mass is 16.1. The molecule has 0 radical (unpaired) electrons. The molecule has 0 amide bonds. The molecule has 1 aliphatic heterocycles. The summed E-state index contributed by atoms with van der Waals surface area (Å²) in [6.45, 7) is 5.73. The monoisotopic (exact) mass is 207 g/mol. The minimum Gasteiger partial charge on any atom is -0.311 e. The second-order valence-corrected chi connectivity index (χ2v) is 4.34. The van der Waals surface area contributed by atoms with E-state index in [2.05, 4.69) is 24.1 Å². The molecule has 1 aliphatic rings. The lowest BCUT2D eigenvalue weighted by Gasteiger charge is -2.19. The second kappa shape index (κ2) is 3.77. The van der Waals surface area contributed by atoms with Crippen LogP contribution >= 0.6 is 0 Å². The quantitative estimate of drug-likeness (QED) is 0.731. The molecule has 0 unspecified atom stereocenters. The Morgan fingerprint density at radius 3 is 2.87 bits per heavy atom. The smallest absolute Gasteiger partial charge is 0.256 e. The van der Waals surface area contributed by atoms with Crippen molar-refractivity contribution in [3.63, 3.8) is 0 Å². The van der Waals surface area contributed by atoms with Crippen molar-refractivity contribution in [1.29, 1.82) is 0 Å². The SMILES string of the molecule is CC(C)c1nc2c(c(=O)n1C)CCNC2. The lowest BCUT2D eigenvalue weighted by molar-refractivity contribution is 0.575. The molecule has 0 fully saturated rings. The van der Waals surface area contributed by atoms with Crippen LogP contribution in [0.3, 0.4) is 0 Å². The van der Waals surface area contributed by atoms with E-state index in [4.69, 9.17) is 0 Å². The molecule has 0 spiro atoms. The lowest BCUT2D eigenvalue weighted by atomic mass is 10.1. The van der Waals surface area contributed by atoms with Crippen LogP contribution in [0.5, 0.6) is 0 Å². The summed E-state index contributed by atoms with van der Waals surface area (Å²) in [5, 5.41) is 3.24. The summed E-state index contributed by atoms with van der Waals surface area (Å²) in [6, 6.07) is 0. The third-order valence-electron chi connectivity index (χ3n) is 2.86. The molecule has 1 N–H and O–H groups in total. The molecule has 2 rings (SSSR count). The summed E-state index contributed by atoms with van der Waals surface area (Å²) in [5.74, 6) is 1.16. The van der Waals surface area contributed by atoms with Gasteiger partial charge in [-0.2, -0.15) is 0 Å². The van der Waals surface area contributed by atoms with Crippen LogP contribution in [-0.4, -0.2) is 16.1 Å². The van der Waals surface area contributed by atoms with Gasteiger partial charge in [0.25, 0.3) is 5.56 Å². The van der Waals surface area contributed by atoms with Crippen molar-refractivity contribution in [3.8, 4) is 0 Å². The van der Waals surface area contributed by atoms with Gasteiger partial charge in [-0.15, -0.1) is 0 Å². The number of aromatic nitrogens is 2. The summed E-state index contributed by atoms with van der Waals surface area (Å²) < 4.78 is 1.69. The Bertz CT molecular complexity index is 434. The van der Waals surface area contributed by atoms with E-state index in [9.17, 15) is 4.79 Å². The maximum Gasteiger partial charge on any atom is 0.256 e. The van der Waals surface area contributed by atoms with Gasteiger partial charge in [0.15, 0.2) is 0 Å². The molecule has 2 heterocycles. The third kappa shape index (κ3) is 1.69. The van der Waals surface area contributed by atoms with Crippen LogP contribution in [0.4, 0.5) is 0 Å². The first kappa shape index (κ1) is 10.4. The standard InChI is InChI=1S/C11H17N3O/c1-7(2)10-13-9-6-12-5-4-8(9)11(15)14(10)3/h7,12H,4-6H2,1-3H3. The maximum absolute atomic E-state index is 12.0. The van der Waals surface area contributed by atoms with E-state index in [-0.39, 0.29) is 11.5 Å². The Balaban J connectivity index is 2.63. The minimum absolute atomic E-state index is 0.130. The summed E-state index contributed by atoms with van der Waals surface area (Å²) in [6.07, 6.45) is 0.799. The number of hydrogen-bond acceptors (Lipinski definition) is 3. The molecule has 0 bridgehead atoms. The fraction of sp³-hybridized carbons (Fsp3) is 0.636. The first-order chi connectivity index (χ1) is 7.11. The van der Waals surface area contributed by atoms with Gasteiger partial charge in [-0.3, -0.25) is 9.36 Å². The second-order valence-electron chi connectivity index (χ2n) is 4.34. The molecule has 1 aromatic rings. The van der Waals surface area contributed by atoms with Gasteiger partial charge in [0, 0.05) is 25.1 Å². The zero-order chi connectivity index (χ0) is 11.0. The van der Waals surface area contributed by atoms with Crippen molar-refractivity contribution in [2.24, 2.45) is 7.05 Å². The molecule has 15 heavy (non-hydrogen) atoms. The summed E-state index contributed by atoms with van der Waals surface area (Å²) in [7, 11) is 1.81. The molecular formula is C11H17N3O. The molecule has 4 heteroatoms. The van der Waals surface area contributed by atoms with E-state index in [1.807, 2.05) is 7.05 Å². The normalized spacial score (nSPS) is 15.5. The van der Waals surface area contributed by atoms with Crippen LogP contribution in [-0.2, 0) is 20.0 Å². The first-order valence-electron chi connectivity index (χ1n) is 5.40. The van der Waals surface area contributed by atoms with Crippen molar-refractivity contribution in [1.82, 2.24) is 14.9 Å². The fourth-order valence-corrected chi connectivity index (χ4v) is 2.04. The van der Waals surface area contributed by atoms with Crippen molar-refractivity contribution >= 4 is 0 Å². The topological polar surface area (TPSA) is 46.9 Å². The molecule has 0 saturated heterocycles. The predicted octanol–water partition coefficient (Wildman–Crippen LogP) is 0.549. The van der Waals surface area contributed by atoms with Gasteiger partial charge in [0.05, 0.1) is 5.69 Å². The largest absolute Gasteiger partial charge is 0.311 e. The van der Waals surface area contributed by atoms with Crippen LogP contribution < -0.4 is 10.9 Å². The van der Waals surface area contributed by atoms with Crippen LogP contribution in [0.2, 0.25) is 0 Å². The van der Waals surface area contributed by atoms with E-state index in [1.165, 1.54) is 0 Å². The summed E-state index contributed by atoms with van der Waals surface area (Å²) >= 11 is 0. The lowest BCUT2D eigenvalue weighted by Crippen LogP contribution is -2.35. The number of rotatable bonds is 1. The molecule has 0 atom stereocenters. The zero-order valence-electron chi connectivity index (χ0n) is 9.50. The maximum atomic E-state index is 12.0. The van der Waals surface area contributed by atoms with Gasteiger partial charge in [0.2, 0.25) is 0 Å². The van der Waals surface area contributed by atoms with E-state index >= 15 is 0 Å². The van der Waals surface area contributed by atoms with E-state index in [1.54, 1.807) is 4.57 Å². The van der Waals surface area contributed by atoms with Crippen molar-refractivity contribution in [2.75, 3.05) is 6.54 Å². The Hall–Kier alpha value is -1.16. The van der Waals surface area contributed by atoms with Gasteiger partial charge < -0.3 is 5.32 Å². The average molecular weight is 207 g/mol. The Kier molecular flexibility index (Phi) is 2.61. The number of nitrogens with zero attached hydrogens (tertiary/aromatic N) is 2. The average Bonchev–Trinajstić information content (AvgIpc) is 2.23. The first-order valence-corrected chi connectivity index (χ1v) is 5.40.